The number of thioether (sulfide) groups is 1. The van der Waals surface area contributed by atoms with Crippen molar-refractivity contribution in [3.8, 4) is 0 Å². The van der Waals surface area contributed by atoms with E-state index in [1.54, 1.807) is 18.2 Å². The SMILES string of the molecule is O=C(c1ccc(Cl)c(Cl)c1)C(CCl)SCc1ccccc1. The molecule has 0 fully saturated rings. The molecule has 110 valence electrons. The molecule has 0 aromatic heterocycles. The highest BCUT2D eigenvalue weighted by molar-refractivity contribution is 8.00. The number of carbonyl (C=O) groups is 1. The molecule has 0 bridgehead atoms. The Labute approximate surface area is 143 Å². The molecule has 0 aliphatic carbocycles. The van der Waals surface area contributed by atoms with Crippen molar-refractivity contribution in [2.45, 2.75) is 11.0 Å². The number of Topliss-reactive ketones (excluding diaryl/α,β-unsaturated/α-hetero) is 1. The van der Waals surface area contributed by atoms with Crippen molar-refractivity contribution >= 4 is 52.3 Å². The Balaban J connectivity index is 2.06. The highest BCUT2D eigenvalue weighted by Gasteiger charge is 2.20. The lowest BCUT2D eigenvalue weighted by molar-refractivity contribution is 0.0995. The fraction of sp³-hybridized carbons (Fsp3) is 0.188. The van der Waals surface area contributed by atoms with Crippen LogP contribution in [0.15, 0.2) is 48.5 Å². The van der Waals surface area contributed by atoms with Crippen molar-refractivity contribution in [2.75, 3.05) is 5.88 Å². The van der Waals surface area contributed by atoms with Crippen molar-refractivity contribution in [1.29, 1.82) is 0 Å². The van der Waals surface area contributed by atoms with Crippen LogP contribution in [0.5, 0.6) is 0 Å². The van der Waals surface area contributed by atoms with Crippen LogP contribution < -0.4 is 0 Å². The second-order valence-corrected chi connectivity index (χ2v) is 6.75. The minimum Gasteiger partial charge on any atom is -0.293 e. The van der Waals surface area contributed by atoms with E-state index in [-0.39, 0.29) is 16.9 Å². The van der Waals surface area contributed by atoms with Gasteiger partial charge in [0.1, 0.15) is 0 Å². The van der Waals surface area contributed by atoms with Gasteiger partial charge < -0.3 is 0 Å². The second kappa shape index (κ2) is 8.09. The van der Waals surface area contributed by atoms with E-state index in [9.17, 15) is 4.79 Å². The summed E-state index contributed by atoms with van der Waals surface area (Å²) in [6.07, 6.45) is 0. The number of hydrogen-bond acceptors (Lipinski definition) is 2. The summed E-state index contributed by atoms with van der Waals surface area (Å²) in [5.41, 5.74) is 1.70. The number of ketones is 1. The lowest BCUT2D eigenvalue weighted by atomic mass is 10.1. The summed E-state index contributed by atoms with van der Waals surface area (Å²) in [5.74, 6) is 0.978. The standard InChI is InChI=1S/C16H13Cl3OS/c17-9-15(21-10-11-4-2-1-3-5-11)16(20)12-6-7-13(18)14(19)8-12/h1-8,15H,9-10H2. The first-order chi connectivity index (χ1) is 10.1. The first kappa shape index (κ1) is 16.7. The summed E-state index contributed by atoms with van der Waals surface area (Å²) < 4.78 is 0. The maximum absolute atomic E-state index is 12.5. The van der Waals surface area contributed by atoms with E-state index >= 15 is 0 Å². The molecule has 2 rings (SSSR count). The van der Waals surface area contributed by atoms with Crippen LogP contribution >= 0.6 is 46.6 Å². The number of hydrogen-bond donors (Lipinski definition) is 0. The summed E-state index contributed by atoms with van der Waals surface area (Å²) in [5, 5.41) is 0.514. The third kappa shape index (κ3) is 4.65. The van der Waals surface area contributed by atoms with Gasteiger partial charge in [0.15, 0.2) is 5.78 Å². The second-order valence-electron chi connectivity index (χ2n) is 4.43. The first-order valence-corrected chi connectivity index (χ1v) is 8.66. The molecule has 0 saturated heterocycles. The molecule has 5 heteroatoms. The number of rotatable bonds is 6. The van der Waals surface area contributed by atoms with Gasteiger partial charge in [0.05, 0.1) is 15.3 Å². The highest BCUT2D eigenvalue weighted by Crippen LogP contribution is 2.27. The molecule has 1 unspecified atom stereocenters. The van der Waals surface area contributed by atoms with E-state index in [4.69, 9.17) is 34.8 Å². The van der Waals surface area contributed by atoms with Gasteiger partial charge in [-0.2, -0.15) is 0 Å². The number of halogens is 3. The molecule has 0 aliphatic rings. The lowest BCUT2D eigenvalue weighted by Crippen LogP contribution is -2.19. The monoisotopic (exact) mass is 358 g/mol. The Morgan fingerprint density at radius 2 is 1.76 bits per heavy atom. The van der Waals surface area contributed by atoms with Gasteiger partial charge in [-0.1, -0.05) is 53.5 Å². The zero-order valence-electron chi connectivity index (χ0n) is 11.1. The van der Waals surface area contributed by atoms with Crippen molar-refractivity contribution in [2.24, 2.45) is 0 Å². The zero-order chi connectivity index (χ0) is 15.2. The van der Waals surface area contributed by atoms with Gasteiger partial charge in [-0.25, -0.2) is 0 Å². The summed E-state index contributed by atoms with van der Waals surface area (Å²) in [6.45, 7) is 0. The molecule has 1 atom stereocenters. The minimum atomic E-state index is -0.302. The normalized spacial score (nSPS) is 12.1. The molecule has 0 N–H and O–H groups in total. The zero-order valence-corrected chi connectivity index (χ0v) is 14.1. The van der Waals surface area contributed by atoms with Crippen LogP contribution in [0.1, 0.15) is 15.9 Å². The Kier molecular flexibility index (Phi) is 6.43. The topological polar surface area (TPSA) is 17.1 Å². The molecule has 0 spiro atoms. The molecule has 1 nitrogen and oxygen atoms in total. The van der Waals surface area contributed by atoms with Crippen LogP contribution in [-0.4, -0.2) is 16.9 Å². The maximum atomic E-state index is 12.5. The van der Waals surface area contributed by atoms with E-state index in [1.807, 2.05) is 30.3 Å². The average molecular weight is 360 g/mol. The molecule has 0 amide bonds. The fourth-order valence-electron chi connectivity index (χ4n) is 1.80. The largest absolute Gasteiger partial charge is 0.293 e. The van der Waals surface area contributed by atoms with Gasteiger partial charge in [0, 0.05) is 17.2 Å². The van der Waals surface area contributed by atoms with E-state index < -0.39 is 0 Å². The van der Waals surface area contributed by atoms with E-state index in [1.165, 1.54) is 17.3 Å². The molecule has 0 aliphatic heterocycles. The van der Waals surface area contributed by atoms with Crippen LogP contribution in [-0.2, 0) is 5.75 Å². The van der Waals surface area contributed by atoms with Crippen LogP contribution in [0.4, 0.5) is 0 Å². The average Bonchev–Trinajstić information content (AvgIpc) is 2.51. The first-order valence-electron chi connectivity index (χ1n) is 6.32. The van der Waals surface area contributed by atoms with Gasteiger partial charge in [0.25, 0.3) is 0 Å². The quantitative estimate of drug-likeness (QED) is 0.485. The predicted molar refractivity (Wildman–Crippen MR) is 93.0 cm³/mol. The molecule has 2 aromatic rings. The van der Waals surface area contributed by atoms with E-state index in [0.717, 1.165) is 5.75 Å². The van der Waals surface area contributed by atoms with Crippen LogP contribution in [0, 0.1) is 0 Å². The Bertz CT molecular complexity index is 616. The number of benzene rings is 2. The Morgan fingerprint density at radius 3 is 2.38 bits per heavy atom. The molecular formula is C16H13Cl3OS. The molecule has 0 radical (unpaired) electrons. The molecule has 2 aromatic carbocycles. The minimum absolute atomic E-state index is 0.0236. The van der Waals surface area contributed by atoms with E-state index in [0.29, 0.717) is 15.6 Å². The van der Waals surface area contributed by atoms with Gasteiger partial charge in [-0.05, 0) is 23.8 Å². The predicted octanol–water partition coefficient (Wildman–Crippen LogP) is 5.72. The number of carbonyl (C=O) groups excluding carboxylic acids is 1. The van der Waals surface area contributed by atoms with Gasteiger partial charge in [-0.3, -0.25) is 4.79 Å². The third-order valence-corrected chi connectivity index (χ3v) is 5.44. The van der Waals surface area contributed by atoms with Crippen molar-refractivity contribution in [1.82, 2.24) is 0 Å². The van der Waals surface area contributed by atoms with Gasteiger partial charge in [0.2, 0.25) is 0 Å². The summed E-state index contributed by atoms with van der Waals surface area (Å²) in [4.78, 5) is 12.5. The molecular weight excluding hydrogens is 347 g/mol. The molecule has 21 heavy (non-hydrogen) atoms. The van der Waals surface area contributed by atoms with Crippen molar-refractivity contribution in [3.05, 3.63) is 69.7 Å². The van der Waals surface area contributed by atoms with E-state index in [2.05, 4.69) is 0 Å². The highest BCUT2D eigenvalue weighted by atomic mass is 35.5. The van der Waals surface area contributed by atoms with Crippen LogP contribution in [0.25, 0.3) is 0 Å². The maximum Gasteiger partial charge on any atom is 0.177 e. The Hall–Kier alpha value is -0.670. The summed E-state index contributed by atoms with van der Waals surface area (Å²) >= 11 is 19.3. The summed E-state index contributed by atoms with van der Waals surface area (Å²) in [7, 11) is 0. The van der Waals surface area contributed by atoms with Crippen LogP contribution in [0.2, 0.25) is 10.0 Å². The fourth-order valence-corrected chi connectivity index (χ4v) is 3.46. The Morgan fingerprint density at radius 1 is 1.05 bits per heavy atom. The van der Waals surface area contributed by atoms with Crippen molar-refractivity contribution in [3.63, 3.8) is 0 Å². The summed E-state index contributed by atoms with van der Waals surface area (Å²) in [6, 6.07) is 14.9. The smallest absolute Gasteiger partial charge is 0.177 e. The number of alkyl halides is 1. The van der Waals surface area contributed by atoms with Gasteiger partial charge >= 0.3 is 0 Å². The third-order valence-electron chi connectivity index (χ3n) is 2.93. The molecule has 0 saturated carbocycles. The van der Waals surface area contributed by atoms with Crippen LogP contribution in [0.3, 0.4) is 0 Å². The van der Waals surface area contributed by atoms with Crippen molar-refractivity contribution < 1.29 is 4.79 Å². The lowest BCUT2D eigenvalue weighted by Gasteiger charge is -2.13. The molecule has 0 heterocycles. The van der Waals surface area contributed by atoms with Gasteiger partial charge in [-0.15, -0.1) is 23.4 Å².